The molecule has 1 atom stereocenters. The minimum absolute atomic E-state index is 0.396. The number of nitrogens with zero attached hydrogens (tertiary/aromatic N) is 1. The molecule has 18 heavy (non-hydrogen) atoms. The smallest absolute Gasteiger partial charge is 0.137 e. The van der Waals surface area contributed by atoms with Crippen LogP contribution >= 0.6 is 21.0 Å². The quantitative estimate of drug-likeness (QED) is 0.457. The average molecular weight is 289 g/mol. The van der Waals surface area contributed by atoms with Crippen molar-refractivity contribution in [2.24, 2.45) is 0 Å². The third kappa shape index (κ3) is 9.37. The van der Waals surface area contributed by atoms with Crippen LogP contribution in [0.15, 0.2) is 4.52 Å². The first-order valence-corrected chi connectivity index (χ1v) is 7.26. The van der Waals surface area contributed by atoms with Crippen LogP contribution in [0.25, 0.3) is 0 Å². The monoisotopic (exact) mass is 289 g/mol. The zero-order chi connectivity index (χ0) is 14.7. The van der Waals surface area contributed by atoms with Gasteiger partial charge >= 0.3 is 0 Å². The van der Waals surface area contributed by atoms with Gasteiger partial charge in [0, 0.05) is 5.56 Å². The molecule has 0 amide bonds. The number of aryl methyl sites for hydroxylation is 2. The lowest BCUT2D eigenvalue weighted by atomic mass is 10.1. The fourth-order valence-corrected chi connectivity index (χ4v) is 2.03. The number of hydrogen-bond donors (Lipinski definition) is 2. The van der Waals surface area contributed by atoms with E-state index in [2.05, 4.69) is 21.3 Å². The summed E-state index contributed by atoms with van der Waals surface area (Å²) in [6, 6.07) is 0. The molecule has 1 heterocycles. The van der Waals surface area contributed by atoms with Crippen LogP contribution in [0.5, 0.6) is 0 Å². The molecule has 1 aromatic heterocycles. The van der Waals surface area contributed by atoms with Gasteiger partial charge in [0.05, 0.1) is 15.5 Å². The van der Waals surface area contributed by atoms with Gasteiger partial charge in [-0.05, 0) is 27.2 Å². The summed E-state index contributed by atoms with van der Waals surface area (Å²) in [5, 5.41) is 17.9. The van der Waals surface area contributed by atoms with E-state index in [4.69, 9.17) is 15.3 Å². The molecule has 0 saturated heterocycles. The van der Waals surface area contributed by atoms with Gasteiger partial charge in [-0.15, -0.1) is 0 Å². The minimum atomic E-state index is 0.396. The van der Waals surface area contributed by atoms with Crippen LogP contribution in [-0.4, -0.2) is 15.0 Å². The molecule has 4 nitrogen and oxygen atoms in total. The fraction of sp³-hybridized carbons (Fsp3) is 0.583. The summed E-state index contributed by atoms with van der Waals surface area (Å²) >= 11 is 1.14. The first-order valence-electron chi connectivity index (χ1n) is 5.87. The molecular formula is C12H24N3OPS. The van der Waals surface area contributed by atoms with E-state index in [1.807, 2.05) is 27.7 Å². The van der Waals surface area contributed by atoms with Crippen molar-refractivity contribution in [3.8, 4) is 0 Å². The van der Waals surface area contributed by atoms with Gasteiger partial charge in [0.1, 0.15) is 5.76 Å². The second kappa shape index (κ2) is 11.4. The Morgan fingerprint density at radius 3 is 1.94 bits per heavy atom. The Balaban J connectivity index is 0. The van der Waals surface area contributed by atoms with Gasteiger partial charge in [-0.2, -0.15) is 0 Å². The Bertz CT molecular complexity index is 346. The predicted octanol–water partition coefficient (Wildman–Crippen LogP) is 4.41. The third-order valence-electron chi connectivity index (χ3n) is 1.80. The van der Waals surface area contributed by atoms with Gasteiger partial charge < -0.3 is 4.52 Å². The van der Waals surface area contributed by atoms with Gasteiger partial charge in [0.15, 0.2) is 0 Å². The molecule has 2 N–H and O–H groups in total. The zero-order valence-corrected chi connectivity index (χ0v) is 14.0. The Morgan fingerprint density at radius 1 is 1.33 bits per heavy atom. The van der Waals surface area contributed by atoms with Gasteiger partial charge in [-0.3, -0.25) is 10.8 Å². The molecule has 6 heteroatoms. The van der Waals surface area contributed by atoms with E-state index >= 15 is 0 Å². The summed E-state index contributed by atoms with van der Waals surface area (Å²) in [5.41, 5.74) is 2.27. The number of nitrogens with one attached hydrogen (secondary N) is 2. The molecule has 0 spiro atoms. The van der Waals surface area contributed by atoms with E-state index in [1.165, 1.54) is 5.56 Å². The lowest BCUT2D eigenvalue weighted by Crippen LogP contribution is -1.82. The summed E-state index contributed by atoms with van der Waals surface area (Å²) in [4.78, 5) is 0.396. The lowest BCUT2D eigenvalue weighted by molar-refractivity contribution is 0.392. The van der Waals surface area contributed by atoms with Crippen molar-refractivity contribution in [3.05, 3.63) is 17.0 Å². The molecule has 0 bridgehead atoms. The largest absolute Gasteiger partial charge is 0.361 e. The summed E-state index contributed by atoms with van der Waals surface area (Å²) in [6.45, 7) is 11.7. The van der Waals surface area contributed by atoms with E-state index in [0.717, 1.165) is 29.6 Å². The van der Waals surface area contributed by atoms with Crippen molar-refractivity contribution >= 4 is 30.8 Å². The Hall–Kier alpha value is -0.670. The van der Waals surface area contributed by atoms with Crippen molar-refractivity contribution < 1.29 is 4.52 Å². The maximum atomic E-state index is 6.83. The molecule has 0 fully saturated rings. The number of hydrogen-bond acceptors (Lipinski definition) is 5. The maximum absolute atomic E-state index is 6.83. The van der Waals surface area contributed by atoms with Gasteiger partial charge in [-0.25, -0.2) is 0 Å². The second-order valence-corrected chi connectivity index (χ2v) is 5.43. The predicted molar refractivity (Wildman–Crippen MR) is 85.1 cm³/mol. The van der Waals surface area contributed by atoms with Gasteiger partial charge in [0.2, 0.25) is 0 Å². The average Bonchev–Trinajstić information content (AvgIpc) is 2.60. The molecule has 0 aliphatic carbocycles. The second-order valence-electron chi connectivity index (χ2n) is 3.18. The molecule has 1 unspecified atom stereocenters. The number of aromatic nitrogens is 1. The summed E-state index contributed by atoms with van der Waals surface area (Å²) in [7, 11) is 2.21. The molecule has 0 aliphatic rings. The van der Waals surface area contributed by atoms with Gasteiger partial charge in [-0.1, -0.05) is 46.9 Å². The van der Waals surface area contributed by atoms with Crippen LogP contribution in [0.3, 0.4) is 0 Å². The standard InChI is InChI=1S/C7H11NO.C3H7N2PS.C2H6/c1-4-7-5(2)8-9-6(7)3;1-2(4)7-3(5)6;1-2/h4H2,1-3H3;4-5H,6H2,1H3;1-2H3. The fourth-order valence-electron chi connectivity index (χ4n) is 1.17. The summed E-state index contributed by atoms with van der Waals surface area (Å²) in [6.07, 6.45) is 1.02. The number of rotatable bonds is 1. The maximum Gasteiger partial charge on any atom is 0.137 e. The highest BCUT2D eigenvalue weighted by molar-refractivity contribution is 8.32. The van der Waals surface area contributed by atoms with E-state index in [1.54, 1.807) is 6.92 Å². The van der Waals surface area contributed by atoms with Crippen molar-refractivity contribution in [1.82, 2.24) is 5.16 Å². The first-order chi connectivity index (χ1) is 8.38. The molecule has 0 aromatic carbocycles. The molecule has 0 saturated carbocycles. The number of thioether (sulfide) groups is 1. The molecule has 104 valence electrons. The first kappa shape index (κ1) is 19.7. The Labute approximate surface area is 117 Å². The van der Waals surface area contributed by atoms with E-state index < -0.39 is 0 Å². The van der Waals surface area contributed by atoms with Crippen molar-refractivity contribution in [3.63, 3.8) is 0 Å². The Kier molecular flexibility index (Phi) is 12.5. The lowest BCUT2D eigenvalue weighted by Gasteiger charge is -1.88. The molecule has 1 aromatic rings. The van der Waals surface area contributed by atoms with Crippen LogP contribution in [0.1, 0.15) is 44.7 Å². The SMILES string of the molecule is CC.CC(=N)SC(=N)P.CCc1c(C)noc1C. The van der Waals surface area contributed by atoms with Crippen molar-refractivity contribution in [2.45, 2.75) is 48.0 Å². The van der Waals surface area contributed by atoms with Gasteiger partial charge in [0.25, 0.3) is 0 Å². The molecule has 0 aliphatic heterocycles. The summed E-state index contributed by atoms with van der Waals surface area (Å²) < 4.78 is 4.94. The minimum Gasteiger partial charge on any atom is -0.361 e. The highest BCUT2D eigenvalue weighted by atomic mass is 32.2. The van der Waals surface area contributed by atoms with Crippen LogP contribution in [0, 0.1) is 24.7 Å². The van der Waals surface area contributed by atoms with E-state index in [0.29, 0.717) is 9.83 Å². The van der Waals surface area contributed by atoms with Crippen molar-refractivity contribution in [2.75, 3.05) is 0 Å². The van der Waals surface area contributed by atoms with Crippen LogP contribution < -0.4 is 0 Å². The van der Waals surface area contributed by atoms with Crippen molar-refractivity contribution in [1.29, 1.82) is 10.8 Å². The summed E-state index contributed by atoms with van der Waals surface area (Å²) in [5.74, 6) is 0.954. The highest BCUT2D eigenvalue weighted by Crippen LogP contribution is 2.11. The highest BCUT2D eigenvalue weighted by Gasteiger charge is 2.04. The normalized spacial score (nSPS) is 8.61. The van der Waals surface area contributed by atoms with E-state index in [-0.39, 0.29) is 0 Å². The molecule has 0 radical (unpaired) electrons. The Morgan fingerprint density at radius 2 is 1.83 bits per heavy atom. The molecule has 1 rings (SSSR count). The van der Waals surface area contributed by atoms with E-state index in [9.17, 15) is 0 Å². The topological polar surface area (TPSA) is 73.7 Å². The third-order valence-corrected chi connectivity index (χ3v) is 2.68. The van der Waals surface area contributed by atoms with Crippen LogP contribution in [-0.2, 0) is 6.42 Å². The van der Waals surface area contributed by atoms with Crippen LogP contribution in [0.4, 0.5) is 0 Å². The molecular weight excluding hydrogens is 265 g/mol. The van der Waals surface area contributed by atoms with Crippen LogP contribution in [0.2, 0.25) is 0 Å². The zero-order valence-electron chi connectivity index (χ0n) is 12.0.